The Morgan fingerprint density at radius 2 is 1.84 bits per heavy atom. The Morgan fingerprint density at radius 3 is 2.72 bits per heavy atom. The summed E-state index contributed by atoms with van der Waals surface area (Å²) >= 11 is 3.12. The van der Waals surface area contributed by atoms with Crippen LogP contribution in [-0.4, -0.2) is 17.1 Å². The molecule has 0 spiro atoms. The lowest BCUT2D eigenvalue weighted by molar-refractivity contribution is -0.121. The normalized spacial score (nSPS) is 18.8. The summed E-state index contributed by atoms with van der Waals surface area (Å²) in [6, 6.07) is 10.0. The summed E-state index contributed by atoms with van der Waals surface area (Å²) in [5, 5.41) is -0.183. The van der Waals surface area contributed by atoms with Crippen LogP contribution in [-0.2, 0) is 24.1 Å². The van der Waals surface area contributed by atoms with Gasteiger partial charge in [-0.1, -0.05) is 24.6 Å². The van der Waals surface area contributed by atoms with Gasteiger partial charge in [0.05, 0.1) is 10.1 Å². The number of hydrogen-bond donors (Lipinski definition) is 2. The van der Waals surface area contributed by atoms with Crippen LogP contribution in [0.25, 0.3) is 0 Å². The molecule has 1 atom stereocenters. The molecule has 1 aliphatic carbocycles. The highest BCUT2D eigenvalue weighted by Crippen LogP contribution is 2.36. The maximum atomic E-state index is 12.4. The number of nitrogens with one attached hydrogen (secondary N) is 2. The van der Waals surface area contributed by atoms with Gasteiger partial charge in [-0.25, -0.2) is 0 Å². The molecule has 1 aromatic heterocycles. The van der Waals surface area contributed by atoms with Gasteiger partial charge < -0.3 is 0 Å². The van der Waals surface area contributed by atoms with Crippen LogP contribution in [0.4, 0.5) is 0 Å². The fourth-order valence-corrected chi connectivity index (χ4v) is 5.71. The molecular weight excluding hydrogens is 352 g/mol. The van der Waals surface area contributed by atoms with E-state index >= 15 is 0 Å². The van der Waals surface area contributed by atoms with E-state index in [9.17, 15) is 9.59 Å². The number of carbonyl (C=O) groups excluding carboxylic acids is 2. The minimum atomic E-state index is -0.216. The molecule has 4 nitrogen and oxygen atoms in total. The lowest BCUT2D eigenvalue weighted by atomic mass is 10.1. The Bertz CT molecular complexity index is 767. The zero-order valence-electron chi connectivity index (χ0n) is 13.8. The third-order valence-electron chi connectivity index (χ3n) is 4.71. The highest BCUT2D eigenvalue weighted by molar-refractivity contribution is 8.01. The third kappa shape index (κ3) is 3.60. The van der Waals surface area contributed by atoms with Crippen LogP contribution in [0.2, 0.25) is 0 Å². The van der Waals surface area contributed by atoms with Gasteiger partial charge in [0, 0.05) is 9.77 Å². The second kappa shape index (κ2) is 7.22. The molecule has 0 saturated heterocycles. The van der Waals surface area contributed by atoms with E-state index in [1.54, 1.807) is 23.1 Å². The van der Waals surface area contributed by atoms with Crippen molar-refractivity contribution in [1.29, 1.82) is 0 Å². The number of hydrogen-bond acceptors (Lipinski definition) is 4. The lowest BCUT2D eigenvalue weighted by Crippen LogP contribution is -2.45. The van der Waals surface area contributed by atoms with Crippen LogP contribution in [0.5, 0.6) is 0 Å². The van der Waals surface area contributed by atoms with Gasteiger partial charge >= 0.3 is 0 Å². The molecule has 4 rings (SSSR count). The summed E-state index contributed by atoms with van der Waals surface area (Å²) in [5.41, 5.74) is 7.69. The summed E-state index contributed by atoms with van der Waals surface area (Å²) in [5.74, 6) is -0.361. The van der Waals surface area contributed by atoms with E-state index in [2.05, 4.69) is 10.9 Å². The van der Waals surface area contributed by atoms with Crippen LogP contribution in [0.1, 0.15) is 44.9 Å². The van der Waals surface area contributed by atoms with Gasteiger partial charge in [-0.05, 0) is 55.4 Å². The number of fused-ring (bicyclic) bond motifs is 2. The second-order valence-electron chi connectivity index (χ2n) is 6.48. The van der Waals surface area contributed by atoms with E-state index in [-0.39, 0.29) is 17.1 Å². The standard InChI is InChI=1S/C19H20N2O2S2/c22-18(16-10-12-6-2-1-3-8-14(12)24-16)20-21-19(23)17-11-13-7-4-5-9-15(13)25-17/h4-5,7,9-10,17H,1-3,6,8,11H2,(H,20,22)(H,21,23). The Morgan fingerprint density at radius 1 is 1.00 bits per heavy atom. The van der Waals surface area contributed by atoms with Crippen molar-refractivity contribution in [3.05, 3.63) is 51.2 Å². The van der Waals surface area contributed by atoms with Crippen LogP contribution in [0.3, 0.4) is 0 Å². The van der Waals surface area contributed by atoms with Crippen LogP contribution < -0.4 is 10.9 Å². The predicted octanol–water partition coefficient (Wildman–Crippen LogP) is 3.50. The molecule has 0 bridgehead atoms. The zero-order valence-corrected chi connectivity index (χ0v) is 15.5. The Balaban J connectivity index is 1.34. The van der Waals surface area contributed by atoms with Gasteiger partial charge in [0.2, 0.25) is 0 Å². The summed E-state index contributed by atoms with van der Waals surface area (Å²) in [6.45, 7) is 0. The molecule has 2 aliphatic rings. The largest absolute Gasteiger partial charge is 0.279 e. The monoisotopic (exact) mass is 372 g/mol. The molecule has 130 valence electrons. The lowest BCUT2D eigenvalue weighted by Gasteiger charge is -2.10. The number of thioether (sulfide) groups is 1. The first kappa shape index (κ1) is 16.7. The molecule has 2 N–H and O–H groups in total. The first-order valence-corrected chi connectivity index (χ1v) is 10.4. The highest BCUT2D eigenvalue weighted by atomic mass is 32.2. The molecule has 2 heterocycles. The fraction of sp³-hybridized carbons (Fsp3) is 0.368. The van der Waals surface area contributed by atoms with E-state index in [1.807, 2.05) is 30.3 Å². The van der Waals surface area contributed by atoms with E-state index < -0.39 is 0 Å². The van der Waals surface area contributed by atoms with Crippen molar-refractivity contribution in [3.63, 3.8) is 0 Å². The number of rotatable bonds is 2. The van der Waals surface area contributed by atoms with Gasteiger partial charge in [0.15, 0.2) is 0 Å². The summed E-state index contributed by atoms with van der Waals surface area (Å²) in [4.78, 5) is 27.9. The van der Waals surface area contributed by atoms with Gasteiger partial charge in [-0.15, -0.1) is 23.1 Å². The van der Waals surface area contributed by atoms with E-state index in [0.29, 0.717) is 11.3 Å². The van der Waals surface area contributed by atoms with E-state index in [4.69, 9.17) is 0 Å². The number of benzene rings is 1. The number of aryl methyl sites for hydroxylation is 2. The second-order valence-corrected chi connectivity index (χ2v) is 8.86. The van der Waals surface area contributed by atoms with Gasteiger partial charge in [-0.2, -0.15) is 0 Å². The van der Waals surface area contributed by atoms with Gasteiger partial charge in [0.25, 0.3) is 11.8 Å². The van der Waals surface area contributed by atoms with Crippen molar-refractivity contribution in [2.75, 3.05) is 0 Å². The van der Waals surface area contributed by atoms with Crippen molar-refractivity contribution in [2.24, 2.45) is 0 Å². The molecular formula is C19H20N2O2S2. The molecule has 0 saturated carbocycles. The molecule has 2 amide bonds. The Hall–Kier alpha value is -1.79. The van der Waals surface area contributed by atoms with Crippen molar-refractivity contribution in [3.8, 4) is 0 Å². The molecule has 1 aliphatic heterocycles. The van der Waals surface area contributed by atoms with Crippen LogP contribution in [0, 0.1) is 0 Å². The molecule has 0 radical (unpaired) electrons. The number of hydrazine groups is 1. The maximum Gasteiger partial charge on any atom is 0.279 e. The van der Waals surface area contributed by atoms with Gasteiger partial charge in [-0.3, -0.25) is 20.4 Å². The zero-order chi connectivity index (χ0) is 17.2. The van der Waals surface area contributed by atoms with E-state index in [0.717, 1.165) is 17.7 Å². The molecule has 1 unspecified atom stereocenters. The molecule has 6 heteroatoms. The highest BCUT2D eigenvalue weighted by Gasteiger charge is 2.28. The quantitative estimate of drug-likeness (QED) is 0.627. The smallest absolute Gasteiger partial charge is 0.272 e. The predicted molar refractivity (Wildman–Crippen MR) is 101 cm³/mol. The summed E-state index contributed by atoms with van der Waals surface area (Å²) < 4.78 is 0. The van der Waals surface area contributed by atoms with Gasteiger partial charge in [0.1, 0.15) is 0 Å². The maximum absolute atomic E-state index is 12.4. The van der Waals surface area contributed by atoms with Crippen molar-refractivity contribution in [2.45, 2.75) is 48.7 Å². The van der Waals surface area contributed by atoms with Crippen LogP contribution in [0.15, 0.2) is 35.2 Å². The topological polar surface area (TPSA) is 58.2 Å². The fourth-order valence-electron chi connectivity index (χ4n) is 3.37. The molecule has 1 aromatic carbocycles. The van der Waals surface area contributed by atoms with Crippen molar-refractivity contribution < 1.29 is 9.59 Å². The molecule has 2 aromatic rings. The summed E-state index contributed by atoms with van der Waals surface area (Å²) in [6.07, 6.45) is 6.49. The summed E-state index contributed by atoms with van der Waals surface area (Å²) in [7, 11) is 0. The Labute approximate surface area is 155 Å². The van der Waals surface area contributed by atoms with Crippen molar-refractivity contribution >= 4 is 34.9 Å². The molecule has 25 heavy (non-hydrogen) atoms. The minimum Gasteiger partial charge on any atom is -0.272 e. The number of carbonyl (C=O) groups is 2. The first-order chi connectivity index (χ1) is 12.2. The first-order valence-electron chi connectivity index (χ1n) is 8.67. The average molecular weight is 373 g/mol. The number of amides is 2. The average Bonchev–Trinajstić information content (AvgIpc) is 3.18. The minimum absolute atomic E-state index is 0.146. The Kier molecular flexibility index (Phi) is 4.81. The van der Waals surface area contributed by atoms with Crippen molar-refractivity contribution in [1.82, 2.24) is 10.9 Å². The SMILES string of the molecule is O=C(NNC(=O)C1Cc2ccccc2S1)c1cc2c(s1)CCCCC2. The third-order valence-corrected chi connectivity index (χ3v) is 7.26. The van der Waals surface area contributed by atoms with Crippen LogP contribution >= 0.6 is 23.1 Å². The number of thiophene rings is 1. The van der Waals surface area contributed by atoms with E-state index in [1.165, 1.54) is 35.3 Å². The molecule has 0 fully saturated rings.